The average molecular weight is 508 g/mol. The Bertz CT molecular complexity index is 1040. The van der Waals surface area contributed by atoms with Crippen molar-refractivity contribution in [1.29, 1.82) is 0 Å². The average Bonchev–Trinajstić information content (AvgIpc) is 2.96. The standard InChI is InChI=1S/C21H18BrNO5S2/c1-12-3-5-13(6-4-12)10-23-20(26)18(30-21(23)29)8-14-7-16(27-2)17(9-15(14)22)28-11-19(24)25/h3-9H,10-11H2,1-2H3,(H,24,25)/b18-8-. The van der Waals surface area contributed by atoms with E-state index in [9.17, 15) is 9.59 Å². The fourth-order valence-electron chi connectivity index (χ4n) is 2.73. The van der Waals surface area contributed by atoms with Crippen LogP contribution in [0.2, 0.25) is 0 Å². The highest BCUT2D eigenvalue weighted by atomic mass is 79.9. The van der Waals surface area contributed by atoms with Gasteiger partial charge in [-0.2, -0.15) is 0 Å². The summed E-state index contributed by atoms with van der Waals surface area (Å²) in [6, 6.07) is 11.2. The number of carbonyl (C=O) groups is 2. The van der Waals surface area contributed by atoms with E-state index in [1.807, 2.05) is 31.2 Å². The number of thiocarbonyl (C=S) groups is 1. The van der Waals surface area contributed by atoms with E-state index in [-0.39, 0.29) is 11.7 Å². The van der Waals surface area contributed by atoms with Gasteiger partial charge in [-0.25, -0.2) is 4.79 Å². The van der Waals surface area contributed by atoms with Gasteiger partial charge in [0, 0.05) is 4.47 Å². The first kappa shape index (κ1) is 22.3. The third kappa shape index (κ3) is 5.21. The Kier molecular flexibility index (Phi) is 7.17. The minimum absolute atomic E-state index is 0.164. The first-order valence-electron chi connectivity index (χ1n) is 8.81. The van der Waals surface area contributed by atoms with Crippen LogP contribution in [0, 0.1) is 6.92 Å². The van der Waals surface area contributed by atoms with Gasteiger partial charge in [-0.05, 0) is 36.3 Å². The third-order valence-corrected chi connectivity index (χ3v) is 6.32. The van der Waals surface area contributed by atoms with E-state index in [1.54, 1.807) is 23.1 Å². The molecule has 1 aliphatic rings. The van der Waals surface area contributed by atoms with Gasteiger partial charge in [-0.15, -0.1) is 0 Å². The van der Waals surface area contributed by atoms with E-state index in [4.69, 9.17) is 26.8 Å². The number of aryl methyl sites for hydroxylation is 1. The second kappa shape index (κ2) is 9.63. The molecule has 1 saturated heterocycles. The number of rotatable bonds is 7. The molecule has 2 aromatic rings. The molecule has 1 fully saturated rings. The third-order valence-electron chi connectivity index (χ3n) is 4.26. The van der Waals surface area contributed by atoms with Crippen LogP contribution in [-0.2, 0) is 16.1 Å². The number of carbonyl (C=O) groups excluding carboxylic acids is 1. The summed E-state index contributed by atoms with van der Waals surface area (Å²) in [6.45, 7) is 1.94. The van der Waals surface area contributed by atoms with Crippen molar-refractivity contribution in [3.05, 3.63) is 62.5 Å². The van der Waals surface area contributed by atoms with Gasteiger partial charge in [0.25, 0.3) is 5.91 Å². The van der Waals surface area contributed by atoms with Gasteiger partial charge < -0.3 is 14.6 Å². The zero-order chi connectivity index (χ0) is 21.8. The van der Waals surface area contributed by atoms with Crippen molar-refractivity contribution in [2.24, 2.45) is 0 Å². The van der Waals surface area contributed by atoms with E-state index in [1.165, 1.54) is 18.9 Å². The monoisotopic (exact) mass is 507 g/mol. The number of carboxylic acid groups (broad SMARTS) is 1. The topological polar surface area (TPSA) is 76.1 Å². The summed E-state index contributed by atoms with van der Waals surface area (Å²) in [7, 11) is 1.46. The van der Waals surface area contributed by atoms with Crippen molar-refractivity contribution in [2.75, 3.05) is 13.7 Å². The molecule has 0 saturated carbocycles. The normalized spacial score (nSPS) is 15.0. The molecular formula is C21H18BrNO5S2. The molecule has 156 valence electrons. The van der Waals surface area contributed by atoms with Crippen LogP contribution in [-0.4, -0.2) is 39.9 Å². The molecule has 1 heterocycles. The molecule has 0 bridgehead atoms. The first-order valence-corrected chi connectivity index (χ1v) is 10.8. The zero-order valence-corrected chi connectivity index (χ0v) is 19.4. The summed E-state index contributed by atoms with van der Waals surface area (Å²) in [6.07, 6.45) is 1.72. The summed E-state index contributed by atoms with van der Waals surface area (Å²) in [5.41, 5.74) is 2.84. The maximum absolute atomic E-state index is 12.9. The van der Waals surface area contributed by atoms with Crippen LogP contribution in [0.3, 0.4) is 0 Å². The predicted octanol–water partition coefficient (Wildman–Crippen LogP) is 4.63. The number of hydrogen-bond acceptors (Lipinski definition) is 6. The maximum Gasteiger partial charge on any atom is 0.341 e. The second-order valence-corrected chi connectivity index (χ2v) is 8.99. The number of thioether (sulfide) groups is 1. The SMILES string of the molecule is COc1cc(/C=C2\SC(=S)N(Cc3ccc(C)cc3)C2=O)c(Br)cc1OCC(=O)O. The van der Waals surface area contributed by atoms with Crippen molar-refractivity contribution in [1.82, 2.24) is 4.90 Å². The van der Waals surface area contributed by atoms with Crippen LogP contribution in [0.5, 0.6) is 11.5 Å². The summed E-state index contributed by atoms with van der Waals surface area (Å²) >= 11 is 10.1. The highest BCUT2D eigenvalue weighted by molar-refractivity contribution is 9.10. The molecule has 9 heteroatoms. The molecule has 0 radical (unpaired) electrons. The summed E-state index contributed by atoms with van der Waals surface area (Å²) in [5.74, 6) is -0.603. The van der Waals surface area contributed by atoms with Gasteiger partial charge in [0.1, 0.15) is 4.32 Å². The lowest BCUT2D eigenvalue weighted by Gasteiger charge is -2.14. The van der Waals surface area contributed by atoms with Crippen LogP contribution < -0.4 is 9.47 Å². The smallest absolute Gasteiger partial charge is 0.341 e. The fourth-order valence-corrected chi connectivity index (χ4v) is 4.41. The minimum atomic E-state index is -1.09. The number of carboxylic acids is 1. The molecule has 1 aliphatic heterocycles. The summed E-state index contributed by atoms with van der Waals surface area (Å²) in [4.78, 5) is 25.7. The van der Waals surface area contributed by atoms with Gasteiger partial charge >= 0.3 is 5.97 Å². The minimum Gasteiger partial charge on any atom is -0.493 e. The molecule has 0 spiro atoms. The highest BCUT2D eigenvalue weighted by Gasteiger charge is 2.32. The number of methoxy groups -OCH3 is 1. The lowest BCUT2D eigenvalue weighted by molar-refractivity contribution is -0.139. The van der Waals surface area contributed by atoms with Gasteiger partial charge in [0.15, 0.2) is 18.1 Å². The number of nitrogens with zero attached hydrogens (tertiary/aromatic N) is 1. The van der Waals surface area contributed by atoms with Crippen molar-refractivity contribution < 1.29 is 24.2 Å². The Labute approximate surface area is 192 Å². The van der Waals surface area contributed by atoms with E-state index in [0.29, 0.717) is 31.6 Å². The Hall–Kier alpha value is -2.36. The van der Waals surface area contributed by atoms with Gasteiger partial charge in [-0.1, -0.05) is 69.7 Å². The molecular weight excluding hydrogens is 490 g/mol. The van der Waals surface area contributed by atoms with Crippen molar-refractivity contribution in [3.63, 3.8) is 0 Å². The van der Waals surface area contributed by atoms with Crippen molar-refractivity contribution in [2.45, 2.75) is 13.5 Å². The maximum atomic E-state index is 12.9. The van der Waals surface area contributed by atoms with Crippen LogP contribution in [0.4, 0.5) is 0 Å². The summed E-state index contributed by atoms with van der Waals surface area (Å²) in [5, 5.41) is 8.81. The van der Waals surface area contributed by atoms with E-state index >= 15 is 0 Å². The number of aliphatic carboxylic acids is 1. The molecule has 1 N–H and O–H groups in total. The Morgan fingerprint density at radius 3 is 2.60 bits per heavy atom. The number of ether oxygens (including phenoxy) is 2. The fraction of sp³-hybridized carbons (Fsp3) is 0.190. The first-order chi connectivity index (χ1) is 14.3. The number of halogens is 1. The predicted molar refractivity (Wildman–Crippen MR) is 124 cm³/mol. The van der Waals surface area contributed by atoms with Gasteiger partial charge in [0.05, 0.1) is 18.6 Å². The number of benzene rings is 2. The molecule has 1 amide bonds. The Morgan fingerprint density at radius 2 is 1.97 bits per heavy atom. The number of hydrogen-bond donors (Lipinski definition) is 1. The molecule has 0 aromatic heterocycles. The van der Waals surface area contributed by atoms with Crippen molar-refractivity contribution >= 4 is 62.2 Å². The molecule has 0 atom stereocenters. The lowest BCUT2D eigenvalue weighted by atomic mass is 10.1. The summed E-state index contributed by atoms with van der Waals surface area (Å²) < 4.78 is 11.7. The van der Waals surface area contributed by atoms with E-state index in [2.05, 4.69) is 15.9 Å². The van der Waals surface area contributed by atoms with E-state index in [0.717, 1.165) is 11.1 Å². The molecule has 6 nitrogen and oxygen atoms in total. The van der Waals surface area contributed by atoms with Crippen LogP contribution >= 0.6 is 39.9 Å². The lowest BCUT2D eigenvalue weighted by Crippen LogP contribution is -2.27. The van der Waals surface area contributed by atoms with Gasteiger partial charge in [-0.3, -0.25) is 9.69 Å². The quantitative estimate of drug-likeness (QED) is 0.432. The van der Waals surface area contributed by atoms with E-state index < -0.39 is 12.6 Å². The molecule has 2 aromatic carbocycles. The van der Waals surface area contributed by atoms with Crippen LogP contribution in [0.25, 0.3) is 6.08 Å². The van der Waals surface area contributed by atoms with Gasteiger partial charge in [0.2, 0.25) is 0 Å². The molecule has 0 aliphatic carbocycles. The van der Waals surface area contributed by atoms with Crippen molar-refractivity contribution in [3.8, 4) is 11.5 Å². The Morgan fingerprint density at radius 1 is 1.27 bits per heavy atom. The zero-order valence-electron chi connectivity index (χ0n) is 16.2. The van der Waals surface area contributed by atoms with Crippen LogP contribution in [0.15, 0.2) is 45.8 Å². The van der Waals surface area contributed by atoms with Crippen LogP contribution in [0.1, 0.15) is 16.7 Å². The molecule has 3 rings (SSSR count). The highest BCUT2D eigenvalue weighted by Crippen LogP contribution is 2.38. The Balaban J connectivity index is 1.84. The molecule has 30 heavy (non-hydrogen) atoms. The number of amides is 1. The largest absolute Gasteiger partial charge is 0.493 e. The molecule has 0 unspecified atom stereocenters. The second-order valence-electron chi connectivity index (χ2n) is 6.46.